The smallest absolute Gasteiger partial charge is 0.0971 e. The molecule has 0 spiro atoms. The highest BCUT2D eigenvalue weighted by Gasteiger charge is 2.49. The number of benzene rings is 1. The van der Waals surface area contributed by atoms with Gasteiger partial charge in [0.15, 0.2) is 0 Å². The minimum absolute atomic E-state index is 0.152. The Labute approximate surface area is 103 Å². The van der Waals surface area contributed by atoms with Crippen molar-refractivity contribution in [3.8, 4) is 0 Å². The third-order valence-corrected chi connectivity index (χ3v) is 5.00. The second kappa shape index (κ2) is 3.10. The summed E-state index contributed by atoms with van der Waals surface area (Å²) in [5.74, 6) is 0. The van der Waals surface area contributed by atoms with E-state index in [-0.39, 0.29) is 16.9 Å². The zero-order valence-corrected chi connectivity index (χ0v) is 11.0. The number of allylic oxidation sites excluding steroid dienone is 1. The van der Waals surface area contributed by atoms with Gasteiger partial charge in [0.2, 0.25) is 0 Å². The van der Waals surface area contributed by atoms with Crippen molar-refractivity contribution in [1.29, 1.82) is 0 Å². The van der Waals surface area contributed by atoms with Crippen LogP contribution >= 0.6 is 0 Å². The van der Waals surface area contributed by atoms with Gasteiger partial charge in [0.1, 0.15) is 0 Å². The quantitative estimate of drug-likeness (QED) is 0.631. The van der Waals surface area contributed by atoms with Gasteiger partial charge in [-0.1, -0.05) is 52.0 Å². The van der Waals surface area contributed by atoms with Crippen LogP contribution in [0.3, 0.4) is 0 Å². The number of hydrogen-bond donors (Lipinski definition) is 0. The summed E-state index contributed by atoms with van der Waals surface area (Å²) in [5.41, 5.74) is 4.60. The van der Waals surface area contributed by atoms with Crippen LogP contribution in [0.4, 0.5) is 0 Å². The van der Waals surface area contributed by atoms with Gasteiger partial charge < -0.3 is 0 Å². The highest BCUT2D eigenvalue weighted by Crippen LogP contribution is 2.57. The molecule has 0 radical (unpaired) electrons. The van der Waals surface area contributed by atoms with Crippen molar-refractivity contribution in [2.45, 2.75) is 39.2 Å². The van der Waals surface area contributed by atoms with Crippen molar-refractivity contribution in [3.05, 3.63) is 47.0 Å². The number of hydrogen-bond acceptors (Lipinski definition) is 1. The van der Waals surface area contributed by atoms with E-state index in [1.165, 1.54) is 16.7 Å². The fourth-order valence-electron chi connectivity index (χ4n) is 3.18. The molecule has 1 aliphatic carbocycles. The van der Waals surface area contributed by atoms with E-state index in [9.17, 15) is 0 Å². The Balaban J connectivity index is 2.33. The molecule has 88 valence electrons. The summed E-state index contributed by atoms with van der Waals surface area (Å²) in [5, 5.41) is 0. The van der Waals surface area contributed by atoms with Crippen LogP contribution in [-0.4, -0.2) is 6.21 Å². The van der Waals surface area contributed by atoms with E-state index in [1.807, 2.05) is 6.21 Å². The van der Waals surface area contributed by atoms with Gasteiger partial charge in [-0.05, 0) is 33.6 Å². The lowest BCUT2D eigenvalue weighted by Gasteiger charge is -2.50. The zero-order chi connectivity index (χ0) is 12.3. The van der Waals surface area contributed by atoms with Gasteiger partial charge in [0, 0.05) is 6.21 Å². The molecule has 0 aromatic heterocycles. The van der Waals surface area contributed by atoms with Crippen LogP contribution in [0.1, 0.15) is 44.9 Å². The van der Waals surface area contributed by atoms with Crippen LogP contribution in [0.5, 0.6) is 0 Å². The average molecular weight is 225 g/mol. The monoisotopic (exact) mass is 225 g/mol. The van der Waals surface area contributed by atoms with Gasteiger partial charge in [-0.3, -0.25) is 4.99 Å². The van der Waals surface area contributed by atoms with Crippen LogP contribution in [0.25, 0.3) is 0 Å². The van der Waals surface area contributed by atoms with Crippen LogP contribution in [-0.2, 0) is 5.41 Å². The van der Waals surface area contributed by atoms with E-state index in [0.717, 1.165) is 0 Å². The molecule has 0 amide bonds. The lowest BCUT2D eigenvalue weighted by molar-refractivity contribution is 0.222. The molecule has 1 aromatic rings. The first kappa shape index (κ1) is 10.8. The lowest BCUT2D eigenvalue weighted by atomic mass is 9.54. The predicted molar refractivity (Wildman–Crippen MR) is 72.6 cm³/mol. The molecule has 3 rings (SSSR count). The van der Waals surface area contributed by atoms with Crippen LogP contribution in [0.2, 0.25) is 0 Å². The van der Waals surface area contributed by atoms with E-state index < -0.39 is 0 Å². The van der Waals surface area contributed by atoms with Crippen molar-refractivity contribution in [1.82, 2.24) is 0 Å². The molecule has 2 aliphatic rings. The second-order valence-corrected chi connectivity index (χ2v) is 6.16. The van der Waals surface area contributed by atoms with E-state index >= 15 is 0 Å². The molecule has 1 heteroatoms. The highest BCUT2D eigenvalue weighted by molar-refractivity contribution is 5.78. The Morgan fingerprint density at radius 1 is 1.00 bits per heavy atom. The Kier molecular flexibility index (Phi) is 1.96. The molecule has 1 heterocycles. The second-order valence-electron chi connectivity index (χ2n) is 6.16. The van der Waals surface area contributed by atoms with Gasteiger partial charge >= 0.3 is 0 Å². The SMILES string of the molecule is CC1(C)C2=CC=NC2c2ccccc2C1(C)C. The molecule has 1 nitrogen and oxygen atoms in total. The third kappa shape index (κ3) is 1.17. The summed E-state index contributed by atoms with van der Waals surface area (Å²) in [6, 6.07) is 9.02. The minimum atomic E-state index is 0.152. The van der Waals surface area contributed by atoms with E-state index in [2.05, 4.69) is 63.0 Å². The summed E-state index contributed by atoms with van der Waals surface area (Å²) in [7, 11) is 0. The Bertz CT molecular complexity index is 532. The van der Waals surface area contributed by atoms with Crippen LogP contribution in [0.15, 0.2) is 40.9 Å². The molecule has 0 bridgehead atoms. The number of nitrogens with zero attached hydrogens (tertiary/aromatic N) is 1. The summed E-state index contributed by atoms with van der Waals surface area (Å²) < 4.78 is 0. The Hall–Kier alpha value is -1.37. The molecule has 0 fully saturated rings. The Morgan fingerprint density at radius 2 is 1.71 bits per heavy atom. The van der Waals surface area contributed by atoms with Gasteiger partial charge in [0.25, 0.3) is 0 Å². The summed E-state index contributed by atoms with van der Waals surface area (Å²) in [6.45, 7) is 9.38. The first-order valence-corrected chi connectivity index (χ1v) is 6.29. The van der Waals surface area contributed by atoms with Crippen LogP contribution < -0.4 is 0 Å². The van der Waals surface area contributed by atoms with Crippen molar-refractivity contribution in [2.24, 2.45) is 10.4 Å². The zero-order valence-electron chi connectivity index (χ0n) is 11.0. The maximum atomic E-state index is 4.64. The molecular weight excluding hydrogens is 206 g/mol. The maximum absolute atomic E-state index is 4.64. The summed E-state index contributed by atoms with van der Waals surface area (Å²) in [4.78, 5) is 4.64. The van der Waals surface area contributed by atoms with Gasteiger partial charge in [-0.25, -0.2) is 0 Å². The van der Waals surface area contributed by atoms with Gasteiger partial charge in [0.05, 0.1) is 6.04 Å². The number of aliphatic imine (C=N–C) groups is 1. The number of fused-ring (bicyclic) bond motifs is 3. The molecule has 1 atom stereocenters. The van der Waals surface area contributed by atoms with Crippen molar-refractivity contribution in [2.75, 3.05) is 0 Å². The maximum Gasteiger partial charge on any atom is 0.0971 e. The molecule has 17 heavy (non-hydrogen) atoms. The molecule has 0 saturated carbocycles. The molecule has 1 unspecified atom stereocenters. The fourth-order valence-corrected chi connectivity index (χ4v) is 3.18. The highest BCUT2D eigenvalue weighted by atomic mass is 14.8. The van der Waals surface area contributed by atoms with E-state index in [4.69, 9.17) is 0 Å². The molecule has 0 saturated heterocycles. The normalized spacial score (nSPS) is 27.3. The molecule has 1 aliphatic heterocycles. The molecule has 0 N–H and O–H groups in total. The van der Waals surface area contributed by atoms with Crippen LogP contribution in [0, 0.1) is 5.41 Å². The first-order valence-electron chi connectivity index (χ1n) is 6.29. The van der Waals surface area contributed by atoms with Crippen molar-refractivity contribution in [3.63, 3.8) is 0 Å². The molecule has 1 aromatic carbocycles. The predicted octanol–water partition coefficient (Wildman–Crippen LogP) is 4.06. The fraction of sp³-hybridized carbons (Fsp3) is 0.438. The molecular formula is C16H19N. The third-order valence-electron chi connectivity index (χ3n) is 5.00. The first-order chi connectivity index (χ1) is 7.96. The van der Waals surface area contributed by atoms with Crippen molar-refractivity contribution < 1.29 is 0 Å². The van der Waals surface area contributed by atoms with E-state index in [1.54, 1.807) is 0 Å². The summed E-state index contributed by atoms with van der Waals surface area (Å²) >= 11 is 0. The average Bonchev–Trinajstić information content (AvgIpc) is 2.77. The Morgan fingerprint density at radius 3 is 2.47 bits per heavy atom. The topological polar surface area (TPSA) is 12.4 Å². The standard InChI is InChI=1S/C16H19N/c1-15(2)12-8-6-5-7-11(12)14-13(9-10-17-14)16(15,3)4/h5-10,14H,1-4H3. The minimum Gasteiger partial charge on any atom is -0.281 e. The van der Waals surface area contributed by atoms with Crippen molar-refractivity contribution >= 4 is 6.21 Å². The van der Waals surface area contributed by atoms with Gasteiger partial charge in [-0.2, -0.15) is 0 Å². The van der Waals surface area contributed by atoms with Gasteiger partial charge in [-0.15, -0.1) is 0 Å². The largest absolute Gasteiger partial charge is 0.281 e. The summed E-state index contributed by atoms with van der Waals surface area (Å²) in [6.07, 6.45) is 4.18. The van der Waals surface area contributed by atoms with E-state index in [0.29, 0.717) is 0 Å². The number of rotatable bonds is 0. The lowest BCUT2D eigenvalue weighted by Crippen LogP contribution is -2.43.